The number of carbonyl (C=O) groups is 1. The molecular formula is C28H32N2O3S. The summed E-state index contributed by atoms with van der Waals surface area (Å²) >= 11 is 0. The van der Waals surface area contributed by atoms with E-state index in [9.17, 15) is 13.2 Å². The lowest BCUT2D eigenvalue weighted by atomic mass is 9.92. The van der Waals surface area contributed by atoms with Gasteiger partial charge in [-0.05, 0) is 71.7 Å². The lowest BCUT2D eigenvalue weighted by molar-refractivity contribution is 0.102. The van der Waals surface area contributed by atoms with E-state index in [0.29, 0.717) is 12.1 Å². The molecule has 0 spiro atoms. The van der Waals surface area contributed by atoms with Gasteiger partial charge in [0.25, 0.3) is 15.9 Å². The number of benzene rings is 3. The molecule has 0 unspecified atom stereocenters. The highest BCUT2D eigenvalue weighted by Crippen LogP contribution is 2.34. The van der Waals surface area contributed by atoms with Gasteiger partial charge in [0.1, 0.15) is 0 Å². The van der Waals surface area contributed by atoms with E-state index in [1.807, 2.05) is 42.5 Å². The van der Waals surface area contributed by atoms with Crippen LogP contribution in [0.1, 0.15) is 73.0 Å². The van der Waals surface area contributed by atoms with Gasteiger partial charge in [0.15, 0.2) is 0 Å². The maximum absolute atomic E-state index is 13.4. The summed E-state index contributed by atoms with van der Waals surface area (Å²) in [5.41, 5.74) is 5.22. The Morgan fingerprint density at radius 1 is 0.853 bits per heavy atom. The van der Waals surface area contributed by atoms with Gasteiger partial charge < -0.3 is 5.32 Å². The second-order valence-electron chi connectivity index (χ2n) is 9.41. The summed E-state index contributed by atoms with van der Waals surface area (Å²) < 4.78 is 28.3. The number of carbonyl (C=O) groups excluding carboxylic acids is 1. The van der Waals surface area contributed by atoms with Crippen LogP contribution in [-0.4, -0.2) is 20.9 Å². The fraction of sp³-hybridized carbons (Fsp3) is 0.321. The average Bonchev–Trinajstić information content (AvgIpc) is 2.83. The average molecular weight is 477 g/mol. The molecule has 0 saturated carbocycles. The second kappa shape index (κ2) is 9.63. The van der Waals surface area contributed by atoms with E-state index < -0.39 is 10.0 Å². The Morgan fingerprint density at radius 3 is 2.09 bits per heavy atom. The Hall–Kier alpha value is -3.12. The molecule has 5 nitrogen and oxygen atoms in total. The molecule has 1 aliphatic rings. The van der Waals surface area contributed by atoms with Gasteiger partial charge in [0, 0.05) is 17.8 Å². The molecule has 0 radical (unpaired) electrons. The lowest BCUT2D eigenvalue weighted by Gasteiger charge is -2.30. The van der Waals surface area contributed by atoms with Crippen molar-refractivity contribution in [2.45, 2.75) is 57.3 Å². The number of amides is 1. The zero-order valence-electron chi connectivity index (χ0n) is 20.2. The summed E-state index contributed by atoms with van der Waals surface area (Å²) in [4.78, 5) is 13.3. The van der Waals surface area contributed by atoms with Crippen LogP contribution in [0, 0.1) is 0 Å². The first-order valence-electron chi connectivity index (χ1n) is 11.8. The van der Waals surface area contributed by atoms with Gasteiger partial charge in [-0.3, -0.25) is 9.10 Å². The molecular weight excluding hydrogens is 444 g/mol. The number of anilines is 2. The highest BCUT2D eigenvalue weighted by Gasteiger charge is 2.29. The first-order chi connectivity index (χ1) is 16.2. The van der Waals surface area contributed by atoms with Gasteiger partial charge >= 0.3 is 0 Å². The van der Waals surface area contributed by atoms with Crippen molar-refractivity contribution in [1.82, 2.24) is 0 Å². The van der Waals surface area contributed by atoms with Crippen LogP contribution in [0.15, 0.2) is 71.6 Å². The standard InChI is InChI=1S/C28H32N2O3S/c1-19(2)24-11-7-12-25(20(3)4)27(24)29-28(31)22-14-16-23(17-15-22)34(32,33)30-18-8-10-21-9-5-6-13-26(21)30/h5-7,9,11-17,19-20H,8,10,18H2,1-4H3,(H,29,31). The van der Waals surface area contributed by atoms with E-state index in [2.05, 4.69) is 33.0 Å². The molecule has 3 aromatic carbocycles. The van der Waals surface area contributed by atoms with Crippen molar-refractivity contribution in [1.29, 1.82) is 0 Å². The predicted octanol–water partition coefficient (Wildman–Crippen LogP) is 6.33. The van der Waals surface area contributed by atoms with Crippen LogP contribution in [0.2, 0.25) is 0 Å². The van der Waals surface area contributed by atoms with Crippen molar-refractivity contribution in [3.05, 3.63) is 89.0 Å². The first-order valence-corrected chi connectivity index (χ1v) is 13.3. The summed E-state index contributed by atoms with van der Waals surface area (Å²) in [6.45, 7) is 8.87. The third kappa shape index (κ3) is 4.60. The topological polar surface area (TPSA) is 66.5 Å². The van der Waals surface area contributed by atoms with E-state index >= 15 is 0 Å². The minimum atomic E-state index is -3.71. The van der Waals surface area contributed by atoms with E-state index in [1.165, 1.54) is 16.4 Å². The normalized spacial score (nSPS) is 13.8. The predicted molar refractivity (Wildman–Crippen MR) is 138 cm³/mol. The Labute approximate surface area is 202 Å². The fourth-order valence-electron chi connectivity index (χ4n) is 4.54. The number of nitrogens with zero attached hydrogens (tertiary/aromatic N) is 1. The molecule has 0 aliphatic carbocycles. The van der Waals surface area contributed by atoms with Gasteiger partial charge in [-0.15, -0.1) is 0 Å². The molecule has 0 atom stereocenters. The Kier molecular flexibility index (Phi) is 6.80. The van der Waals surface area contributed by atoms with Crippen molar-refractivity contribution >= 4 is 27.3 Å². The van der Waals surface area contributed by atoms with Crippen LogP contribution in [0.5, 0.6) is 0 Å². The molecule has 0 bridgehead atoms. The number of hydrogen-bond acceptors (Lipinski definition) is 3. The molecule has 0 fully saturated rings. The van der Waals surface area contributed by atoms with Crippen molar-refractivity contribution in [3.8, 4) is 0 Å². The minimum absolute atomic E-state index is 0.186. The summed E-state index contributed by atoms with van der Waals surface area (Å²) in [5.74, 6) is 0.269. The van der Waals surface area contributed by atoms with Gasteiger partial charge in [-0.2, -0.15) is 0 Å². The summed E-state index contributed by atoms with van der Waals surface area (Å²) in [6.07, 6.45) is 1.65. The zero-order valence-corrected chi connectivity index (χ0v) is 21.0. The number of sulfonamides is 1. The molecule has 6 heteroatoms. The maximum Gasteiger partial charge on any atom is 0.264 e. The number of hydrogen-bond donors (Lipinski definition) is 1. The Balaban J connectivity index is 1.60. The van der Waals surface area contributed by atoms with Crippen LogP contribution >= 0.6 is 0 Å². The molecule has 4 rings (SSSR count). The first kappa shape index (κ1) is 24.0. The van der Waals surface area contributed by atoms with Gasteiger partial charge in [0.2, 0.25) is 0 Å². The molecule has 34 heavy (non-hydrogen) atoms. The Morgan fingerprint density at radius 2 is 1.47 bits per heavy atom. The van der Waals surface area contributed by atoms with Crippen molar-refractivity contribution in [2.24, 2.45) is 0 Å². The van der Waals surface area contributed by atoms with E-state index in [1.54, 1.807) is 12.1 Å². The molecule has 0 aromatic heterocycles. The number of aryl methyl sites for hydroxylation is 1. The zero-order chi connectivity index (χ0) is 24.5. The molecule has 1 amide bonds. The molecule has 1 N–H and O–H groups in total. The SMILES string of the molecule is CC(C)c1cccc(C(C)C)c1NC(=O)c1ccc(S(=O)(=O)N2CCCc3ccccc32)cc1. The van der Waals surface area contributed by atoms with Crippen molar-refractivity contribution < 1.29 is 13.2 Å². The summed E-state index contributed by atoms with van der Waals surface area (Å²) in [7, 11) is -3.71. The monoisotopic (exact) mass is 476 g/mol. The number of nitrogens with one attached hydrogen (secondary N) is 1. The van der Waals surface area contributed by atoms with Crippen LogP contribution in [-0.2, 0) is 16.4 Å². The highest BCUT2D eigenvalue weighted by atomic mass is 32.2. The quantitative estimate of drug-likeness (QED) is 0.452. The van der Waals surface area contributed by atoms with Crippen molar-refractivity contribution in [2.75, 3.05) is 16.2 Å². The van der Waals surface area contributed by atoms with Gasteiger partial charge in [-0.25, -0.2) is 8.42 Å². The van der Waals surface area contributed by atoms with E-state index in [4.69, 9.17) is 0 Å². The van der Waals surface area contributed by atoms with Gasteiger partial charge in [-0.1, -0.05) is 64.1 Å². The third-order valence-corrected chi connectivity index (χ3v) is 8.21. The number of para-hydroxylation sites is 2. The second-order valence-corrected chi connectivity index (χ2v) is 11.3. The molecule has 1 heterocycles. The largest absolute Gasteiger partial charge is 0.321 e. The Bertz CT molecular complexity index is 1270. The van der Waals surface area contributed by atoms with Crippen LogP contribution < -0.4 is 9.62 Å². The summed E-state index contributed by atoms with van der Waals surface area (Å²) in [5, 5.41) is 3.09. The highest BCUT2D eigenvalue weighted by molar-refractivity contribution is 7.92. The molecule has 3 aromatic rings. The maximum atomic E-state index is 13.4. The van der Waals surface area contributed by atoms with Gasteiger partial charge in [0.05, 0.1) is 10.6 Å². The molecule has 178 valence electrons. The minimum Gasteiger partial charge on any atom is -0.321 e. The summed E-state index contributed by atoms with van der Waals surface area (Å²) in [6, 6.07) is 20.0. The van der Waals surface area contributed by atoms with Crippen molar-refractivity contribution in [3.63, 3.8) is 0 Å². The fourth-order valence-corrected chi connectivity index (χ4v) is 6.08. The number of rotatable bonds is 6. The van der Waals surface area contributed by atoms with E-state index in [0.717, 1.165) is 40.9 Å². The molecule has 0 saturated heterocycles. The van der Waals surface area contributed by atoms with Crippen LogP contribution in [0.4, 0.5) is 11.4 Å². The van der Waals surface area contributed by atoms with Crippen LogP contribution in [0.3, 0.4) is 0 Å². The third-order valence-electron chi connectivity index (χ3n) is 6.38. The molecule has 1 aliphatic heterocycles. The van der Waals surface area contributed by atoms with Crippen LogP contribution in [0.25, 0.3) is 0 Å². The number of fused-ring (bicyclic) bond motifs is 1. The van der Waals surface area contributed by atoms with E-state index in [-0.39, 0.29) is 22.6 Å². The smallest absolute Gasteiger partial charge is 0.264 e. The lowest BCUT2D eigenvalue weighted by Crippen LogP contribution is -2.35.